The van der Waals surface area contributed by atoms with Crippen molar-refractivity contribution >= 4 is 5.91 Å². The predicted molar refractivity (Wildman–Crippen MR) is 86.7 cm³/mol. The SMILES string of the molecule is CC(C)Oc1cnccc1C(=O)N1CCOC2(CCN(C)C2)C1. The molecule has 0 aliphatic carbocycles. The Balaban J connectivity index is 1.78. The van der Waals surface area contributed by atoms with Crippen LogP contribution in [0, 0.1) is 0 Å². The van der Waals surface area contributed by atoms with Gasteiger partial charge >= 0.3 is 0 Å². The molecule has 2 fully saturated rings. The summed E-state index contributed by atoms with van der Waals surface area (Å²) in [6, 6.07) is 1.74. The van der Waals surface area contributed by atoms with Crippen molar-refractivity contribution in [3.05, 3.63) is 24.0 Å². The minimum absolute atomic E-state index is 0.000257. The van der Waals surface area contributed by atoms with Crippen LogP contribution in [0.4, 0.5) is 0 Å². The lowest BCUT2D eigenvalue weighted by molar-refractivity contribution is -0.0909. The van der Waals surface area contributed by atoms with Crippen molar-refractivity contribution in [2.45, 2.75) is 32.0 Å². The molecular weight excluding hydrogens is 294 g/mol. The van der Waals surface area contributed by atoms with Crippen LogP contribution in [0.25, 0.3) is 0 Å². The highest BCUT2D eigenvalue weighted by Crippen LogP contribution is 2.30. The van der Waals surface area contributed by atoms with Crippen molar-refractivity contribution in [1.82, 2.24) is 14.8 Å². The lowest BCUT2D eigenvalue weighted by Crippen LogP contribution is -2.54. The van der Waals surface area contributed by atoms with E-state index in [1.165, 1.54) is 0 Å². The summed E-state index contributed by atoms with van der Waals surface area (Å²) < 4.78 is 11.8. The molecule has 0 N–H and O–H groups in total. The van der Waals surface area contributed by atoms with Gasteiger partial charge in [-0.15, -0.1) is 0 Å². The molecule has 0 radical (unpaired) electrons. The normalized spacial score (nSPS) is 25.3. The number of aromatic nitrogens is 1. The van der Waals surface area contributed by atoms with Crippen LogP contribution in [0.2, 0.25) is 0 Å². The second kappa shape index (κ2) is 6.45. The third-order valence-corrected chi connectivity index (χ3v) is 4.42. The first kappa shape index (κ1) is 16.2. The largest absolute Gasteiger partial charge is 0.489 e. The van der Waals surface area contributed by atoms with Gasteiger partial charge in [0.15, 0.2) is 5.75 Å². The lowest BCUT2D eigenvalue weighted by Gasteiger charge is -2.40. The second-order valence-electron chi connectivity index (χ2n) is 6.78. The van der Waals surface area contributed by atoms with Crippen LogP contribution in [0.15, 0.2) is 18.5 Å². The molecule has 6 nitrogen and oxygen atoms in total. The summed E-state index contributed by atoms with van der Waals surface area (Å²) in [7, 11) is 2.09. The summed E-state index contributed by atoms with van der Waals surface area (Å²) in [4.78, 5) is 21.2. The molecule has 1 atom stereocenters. The number of morpholine rings is 1. The van der Waals surface area contributed by atoms with Gasteiger partial charge in [-0.25, -0.2) is 0 Å². The van der Waals surface area contributed by atoms with Crippen LogP contribution in [-0.4, -0.2) is 72.2 Å². The highest BCUT2D eigenvalue weighted by atomic mass is 16.5. The van der Waals surface area contributed by atoms with Gasteiger partial charge in [-0.2, -0.15) is 0 Å². The monoisotopic (exact) mass is 319 g/mol. The molecule has 2 aliphatic rings. The van der Waals surface area contributed by atoms with Gasteiger partial charge < -0.3 is 19.3 Å². The quantitative estimate of drug-likeness (QED) is 0.843. The molecule has 1 amide bonds. The fourth-order valence-electron chi connectivity index (χ4n) is 3.38. The third kappa shape index (κ3) is 3.48. The maximum absolute atomic E-state index is 13.0. The smallest absolute Gasteiger partial charge is 0.257 e. The third-order valence-electron chi connectivity index (χ3n) is 4.42. The first-order valence-electron chi connectivity index (χ1n) is 8.21. The number of hydrogen-bond acceptors (Lipinski definition) is 5. The number of nitrogens with zero attached hydrogens (tertiary/aromatic N) is 3. The first-order chi connectivity index (χ1) is 11.0. The molecule has 126 valence electrons. The Morgan fingerprint density at radius 2 is 2.22 bits per heavy atom. The van der Waals surface area contributed by atoms with Crippen molar-refractivity contribution < 1.29 is 14.3 Å². The number of pyridine rings is 1. The molecule has 2 aliphatic heterocycles. The summed E-state index contributed by atoms with van der Waals surface area (Å²) in [5.74, 6) is 0.553. The van der Waals surface area contributed by atoms with Crippen molar-refractivity contribution in [3.8, 4) is 5.75 Å². The number of likely N-dealkylation sites (N-methyl/N-ethyl adjacent to an activating group) is 1. The van der Waals surface area contributed by atoms with Crippen LogP contribution in [0.1, 0.15) is 30.6 Å². The average molecular weight is 319 g/mol. The van der Waals surface area contributed by atoms with Gasteiger partial charge in [0, 0.05) is 25.8 Å². The molecule has 2 saturated heterocycles. The minimum atomic E-state index is -0.214. The summed E-state index contributed by atoms with van der Waals surface area (Å²) in [6.07, 6.45) is 4.23. The maximum atomic E-state index is 13.0. The Kier molecular flexibility index (Phi) is 4.55. The summed E-state index contributed by atoms with van der Waals surface area (Å²) >= 11 is 0. The van der Waals surface area contributed by atoms with Gasteiger partial charge in [-0.05, 0) is 33.4 Å². The number of likely N-dealkylation sites (tertiary alicyclic amines) is 1. The zero-order chi connectivity index (χ0) is 16.4. The fraction of sp³-hybridized carbons (Fsp3) is 0.647. The standard InChI is InChI=1S/C17H25N3O3/c1-13(2)23-15-10-18-6-4-14(15)16(21)20-8-9-22-17(12-20)5-7-19(3)11-17/h4,6,10,13H,5,7-9,11-12H2,1-3H3. The van der Waals surface area contributed by atoms with Crippen molar-refractivity contribution in [2.24, 2.45) is 0 Å². The highest BCUT2D eigenvalue weighted by Gasteiger charge is 2.43. The zero-order valence-electron chi connectivity index (χ0n) is 14.1. The van der Waals surface area contributed by atoms with Crippen molar-refractivity contribution in [3.63, 3.8) is 0 Å². The molecule has 1 aromatic rings. The molecule has 23 heavy (non-hydrogen) atoms. The fourth-order valence-corrected chi connectivity index (χ4v) is 3.38. The summed E-state index contributed by atoms with van der Waals surface area (Å²) in [5.41, 5.74) is 0.367. The van der Waals surface area contributed by atoms with E-state index in [-0.39, 0.29) is 17.6 Å². The van der Waals surface area contributed by atoms with Crippen LogP contribution < -0.4 is 4.74 Å². The molecule has 0 bridgehead atoms. The van der Waals surface area contributed by atoms with E-state index in [1.807, 2.05) is 18.7 Å². The predicted octanol–water partition coefficient (Wildman–Crippen LogP) is 1.42. The molecular formula is C17H25N3O3. The van der Waals surface area contributed by atoms with Crippen LogP contribution in [-0.2, 0) is 4.74 Å². The lowest BCUT2D eigenvalue weighted by atomic mass is 10.00. The Hall–Kier alpha value is -1.66. The van der Waals surface area contributed by atoms with Crippen LogP contribution >= 0.6 is 0 Å². The molecule has 6 heteroatoms. The van der Waals surface area contributed by atoms with Crippen molar-refractivity contribution in [2.75, 3.05) is 39.8 Å². The van der Waals surface area contributed by atoms with E-state index in [0.717, 1.165) is 19.5 Å². The molecule has 0 saturated carbocycles. The van der Waals surface area contributed by atoms with Gasteiger partial charge in [0.1, 0.15) is 0 Å². The number of carbonyl (C=O) groups excluding carboxylic acids is 1. The second-order valence-corrected chi connectivity index (χ2v) is 6.78. The van der Waals surface area contributed by atoms with Gasteiger partial charge in [-0.3, -0.25) is 9.78 Å². The summed E-state index contributed by atoms with van der Waals surface area (Å²) in [6.45, 7) is 7.62. The van der Waals surface area contributed by atoms with Crippen LogP contribution in [0.5, 0.6) is 5.75 Å². The van der Waals surface area contributed by atoms with E-state index in [4.69, 9.17) is 9.47 Å². The Morgan fingerprint density at radius 3 is 2.91 bits per heavy atom. The molecule has 1 aromatic heterocycles. The van der Waals surface area contributed by atoms with Gasteiger partial charge in [0.2, 0.25) is 0 Å². The van der Waals surface area contributed by atoms with E-state index in [1.54, 1.807) is 18.5 Å². The zero-order valence-corrected chi connectivity index (χ0v) is 14.1. The Morgan fingerprint density at radius 1 is 1.39 bits per heavy atom. The van der Waals surface area contributed by atoms with E-state index in [2.05, 4.69) is 16.9 Å². The highest BCUT2D eigenvalue weighted by molar-refractivity contribution is 5.96. The summed E-state index contributed by atoms with van der Waals surface area (Å²) in [5, 5.41) is 0. The van der Waals surface area contributed by atoms with E-state index in [0.29, 0.717) is 31.0 Å². The van der Waals surface area contributed by atoms with Gasteiger partial charge in [0.05, 0.1) is 36.6 Å². The van der Waals surface area contributed by atoms with Gasteiger partial charge in [-0.1, -0.05) is 0 Å². The Labute approximate surface area is 137 Å². The van der Waals surface area contributed by atoms with E-state index in [9.17, 15) is 4.79 Å². The van der Waals surface area contributed by atoms with Crippen molar-refractivity contribution in [1.29, 1.82) is 0 Å². The number of carbonyl (C=O) groups is 1. The topological polar surface area (TPSA) is 54.9 Å². The van der Waals surface area contributed by atoms with E-state index < -0.39 is 0 Å². The molecule has 1 spiro atoms. The maximum Gasteiger partial charge on any atom is 0.257 e. The number of ether oxygens (including phenoxy) is 2. The molecule has 3 rings (SSSR count). The molecule has 1 unspecified atom stereocenters. The number of hydrogen-bond donors (Lipinski definition) is 0. The minimum Gasteiger partial charge on any atom is -0.489 e. The first-order valence-corrected chi connectivity index (χ1v) is 8.21. The van der Waals surface area contributed by atoms with Gasteiger partial charge in [0.25, 0.3) is 5.91 Å². The molecule has 0 aromatic carbocycles. The average Bonchev–Trinajstić information content (AvgIpc) is 2.87. The Bertz CT molecular complexity index is 574. The van der Waals surface area contributed by atoms with E-state index >= 15 is 0 Å². The molecule has 3 heterocycles. The van der Waals surface area contributed by atoms with Crippen LogP contribution in [0.3, 0.4) is 0 Å². The number of amides is 1. The number of rotatable bonds is 3.